The van der Waals surface area contributed by atoms with E-state index in [2.05, 4.69) is 36.1 Å². The summed E-state index contributed by atoms with van der Waals surface area (Å²) < 4.78 is 35.0. The second kappa shape index (κ2) is 17.4. The molecule has 0 radical (unpaired) electrons. The van der Waals surface area contributed by atoms with Crippen molar-refractivity contribution in [1.29, 1.82) is 0 Å². The molecule has 4 aromatic rings. The molecule has 59 heavy (non-hydrogen) atoms. The standard InChI is InChI=1S/C39H40ClN8O10P/c1-55-30-19-23(11-12-26(30)44-39-41-20-25(40)35(46-39)43-27-8-4-5-10-31(27)59(54,56-2)57-3)47-17-15-22(16-18-47)42-33(50)21-58-29-9-6-7-24-34(29)38(53)48(37(24)52)28-13-14-32(49)45-36(28)51/h4-12,19-20,22,28H,13-18,21H2,1-3H3,(H,42,50)(H,45,49,51)(H2,41,43,44,46). The molecule has 5 amide bonds. The number of nitrogens with one attached hydrogen (secondary N) is 4. The van der Waals surface area contributed by atoms with Crippen molar-refractivity contribution in [3.63, 3.8) is 0 Å². The Hall–Kier alpha value is -6.07. The molecular weight excluding hydrogens is 807 g/mol. The van der Waals surface area contributed by atoms with Crippen LogP contribution < -0.4 is 40.9 Å². The number of methoxy groups -OCH3 is 1. The summed E-state index contributed by atoms with van der Waals surface area (Å²) in [5.41, 5.74) is 1.96. The number of fused-ring (bicyclic) bond motifs is 1. The van der Waals surface area contributed by atoms with Gasteiger partial charge < -0.3 is 39.4 Å². The molecule has 4 heterocycles. The van der Waals surface area contributed by atoms with Gasteiger partial charge in [0, 0.05) is 51.5 Å². The molecule has 18 nitrogen and oxygen atoms in total. The Kier molecular flexibility index (Phi) is 12.1. The number of para-hydroxylation sites is 1. The highest BCUT2D eigenvalue weighted by molar-refractivity contribution is 7.62. The summed E-state index contributed by atoms with van der Waals surface area (Å²) in [6.07, 6.45) is 2.75. The molecule has 308 valence electrons. The molecule has 1 unspecified atom stereocenters. The van der Waals surface area contributed by atoms with Gasteiger partial charge in [-0.2, -0.15) is 4.98 Å². The molecule has 0 aliphatic carbocycles. The van der Waals surface area contributed by atoms with Crippen LogP contribution in [0, 0.1) is 0 Å². The van der Waals surface area contributed by atoms with E-state index < -0.39 is 49.8 Å². The highest BCUT2D eigenvalue weighted by Crippen LogP contribution is 2.47. The first-order chi connectivity index (χ1) is 28.4. The molecule has 20 heteroatoms. The number of ether oxygens (including phenoxy) is 2. The quantitative estimate of drug-likeness (QED) is 0.103. The summed E-state index contributed by atoms with van der Waals surface area (Å²) in [6, 6.07) is 15.7. The van der Waals surface area contributed by atoms with Gasteiger partial charge in [-0.1, -0.05) is 29.8 Å². The van der Waals surface area contributed by atoms with E-state index in [1.54, 1.807) is 31.4 Å². The molecule has 3 aromatic carbocycles. The number of hydrogen-bond donors (Lipinski definition) is 4. The van der Waals surface area contributed by atoms with Crippen LogP contribution in [0.3, 0.4) is 0 Å². The summed E-state index contributed by atoms with van der Waals surface area (Å²) in [5, 5.41) is 12.0. The first kappa shape index (κ1) is 41.1. The van der Waals surface area contributed by atoms with E-state index in [0.717, 1.165) is 10.6 Å². The summed E-state index contributed by atoms with van der Waals surface area (Å²) in [4.78, 5) is 75.4. The average Bonchev–Trinajstić information content (AvgIpc) is 3.50. The van der Waals surface area contributed by atoms with Crippen molar-refractivity contribution < 1.29 is 47.1 Å². The maximum absolute atomic E-state index is 13.4. The third kappa shape index (κ3) is 8.57. The number of imide groups is 2. The van der Waals surface area contributed by atoms with E-state index in [1.165, 1.54) is 38.6 Å². The molecule has 7 rings (SSSR count). The lowest BCUT2D eigenvalue weighted by Gasteiger charge is -2.34. The average molecular weight is 847 g/mol. The number of nitrogens with zero attached hydrogens (tertiary/aromatic N) is 4. The van der Waals surface area contributed by atoms with Gasteiger partial charge in [0.05, 0.1) is 41.1 Å². The summed E-state index contributed by atoms with van der Waals surface area (Å²) in [7, 11) is 0.563. The van der Waals surface area contributed by atoms with Crippen LogP contribution in [0.15, 0.2) is 66.9 Å². The van der Waals surface area contributed by atoms with Gasteiger partial charge in [0.2, 0.25) is 17.8 Å². The Morgan fingerprint density at radius 2 is 1.68 bits per heavy atom. The number of piperidine rings is 2. The van der Waals surface area contributed by atoms with Gasteiger partial charge in [-0.3, -0.25) is 38.8 Å². The second-order valence-electron chi connectivity index (χ2n) is 13.6. The summed E-state index contributed by atoms with van der Waals surface area (Å²) in [6.45, 7) is 0.876. The Bertz CT molecular complexity index is 2370. The van der Waals surface area contributed by atoms with E-state index in [4.69, 9.17) is 30.1 Å². The van der Waals surface area contributed by atoms with Crippen LogP contribution >= 0.6 is 19.2 Å². The molecule has 2 fully saturated rings. The van der Waals surface area contributed by atoms with Crippen molar-refractivity contribution in [2.45, 2.75) is 37.8 Å². The number of rotatable bonds is 14. The van der Waals surface area contributed by atoms with Crippen molar-refractivity contribution in [1.82, 2.24) is 25.5 Å². The van der Waals surface area contributed by atoms with Crippen LogP contribution in [0.1, 0.15) is 46.4 Å². The zero-order chi connectivity index (χ0) is 41.8. The van der Waals surface area contributed by atoms with Crippen LogP contribution in [0.4, 0.5) is 28.8 Å². The smallest absolute Gasteiger partial charge is 0.362 e. The maximum Gasteiger partial charge on any atom is 0.362 e. The molecule has 0 spiro atoms. The lowest BCUT2D eigenvalue weighted by Crippen LogP contribution is -2.54. The number of carbonyl (C=O) groups is 5. The number of carbonyl (C=O) groups excluding carboxylic acids is 5. The first-order valence-electron chi connectivity index (χ1n) is 18.5. The summed E-state index contributed by atoms with van der Waals surface area (Å²) >= 11 is 6.44. The van der Waals surface area contributed by atoms with Gasteiger partial charge in [-0.25, -0.2) is 4.98 Å². The van der Waals surface area contributed by atoms with Gasteiger partial charge >= 0.3 is 7.60 Å². The van der Waals surface area contributed by atoms with Crippen LogP contribution in [0.2, 0.25) is 5.02 Å². The minimum Gasteiger partial charge on any atom is -0.494 e. The van der Waals surface area contributed by atoms with Crippen molar-refractivity contribution >= 4 is 82.9 Å². The van der Waals surface area contributed by atoms with E-state index in [1.807, 2.05) is 18.2 Å². The fourth-order valence-electron chi connectivity index (χ4n) is 7.13. The molecule has 0 saturated carbocycles. The Morgan fingerprint density at radius 3 is 2.41 bits per heavy atom. The van der Waals surface area contributed by atoms with E-state index >= 15 is 0 Å². The Balaban J connectivity index is 0.935. The van der Waals surface area contributed by atoms with Crippen molar-refractivity contribution in [3.8, 4) is 11.5 Å². The second-order valence-corrected chi connectivity index (χ2v) is 16.3. The van der Waals surface area contributed by atoms with E-state index in [0.29, 0.717) is 48.4 Å². The molecule has 4 N–H and O–H groups in total. The third-order valence-corrected chi connectivity index (χ3v) is 12.3. The van der Waals surface area contributed by atoms with Crippen LogP contribution in [-0.4, -0.2) is 97.5 Å². The van der Waals surface area contributed by atoms with Gasteiger partial charge in [-0.05, 0) is 55.7 Å². The van der Waals surface area contributed by atoms with Gasteiger partial charge in [-0.15, -0.1) is 0 Å². The number of anilines is 5. The van der Waals surface area contributed by atoms with Crippen LogP contribution in [0.5, 0.6) is 11.5 Å². The highest BCUT2D eigenvalue weighted by Gasteiger charge is 2.46. The number of amides is 5. The van der Waals surface area contributed by atoms with Gasteiger partial charge in [0.25, 0.3) is 17.7 Å². The van der Waals surface area contributed by atoms with Crippen molar-refractivity contribution in [2.75, 3.05) is 56.6 Å². The Labute approximate surface area is 343 Å². The zero-order valence-corrected chi connectivity index (χ0v) is 33.8. The molecule has 2 saturated heterocycles. The molecular formula is C39H40ClN8O10P. The lowest BCUT2D eigenvalue weighted by atomic mass is 10.0. The van der Waals surface area contributed by atoms with Gasteiger partial charge in [0.1, 0.15) is 22.6 Å². The number of halogens is 1. The monoisotopic (exact) mass is 846 g/mol. The predicted molar refractivity (Wildman–Crippen MR) is 216 cm³/mol. The molecule has 1 atom stereocenters. The van der Waals surface area contributed by atoms with Gasteiger partial charge in [0.15, 0.2) is 12.4 Å². The molecule has 3 aliphatic heterocycles. The normalized spacial score (nSPS) is 17.1. The predicted octanol–water partition coefficient (Wildman–Crippen LogP) is 4.30. The maximum atomic E-state index is 13.4. The van der Waals surface area contributed by atoms with Crippen LogP contribution in [0.25, 0.3) is 0 Å². The molecule has 1 aromatic heterocycles. The third-order valence-electron chi connectivity index (χ3n) is 10.1. The van der Waals surface area contributed by atoms with E-state index in [9.17, 15) is 28.5 Å². The Morgan fingerprint density at radius 1 is 0.915 bits per heavy atom. The number of benzene rings is 3. The SMILES string of the molecule is COc1cc(N2CCC(NC(=O)COc3cccc4c3C(=O)N(C3CCC(=O)NC3=O)C4=O)CC2)ccc1Nc1ncc(Cl)c(Nc2ccccc2P(=O)(OC)OC)n1. The number of hydrogen-bond acceptors (Lipinski definition) is 15. The first-order valence-corrected chi connectivity index (χ1v) is 20.4. The molecule has 3 aliphatic rings. The van der Waals surface area contributed by atoms with Crippen LogP contribution in [-0.2, 0) is 28.0 Å². The highest BCUT2D eigenvalue weighted by atomic mass is 35.5. The summed E-state index contributed by atoms with van der Waals surface area (Å²) in [5.74, 6) is -1.90. The lowest BCUT2D eigenvalue weighted by molar-refractivity contribution is -0.136. The minimum atomic E-state index is -3.60. The van der Waals surface area contributed by atoms with Crippen molar-refractivity contribution in [2.24, 2.45) is 0 Å². The van der Waals surface area contributed by atoms with Crippen molar-refractivity contribution in [3.05, 3.63) is 83.0 Å². The molecule has 0 bridgehead atoms. The minimum absolute atomic E-state index is 0.00231. The topological polar surface area (TPSA) is 220 Å². The fraction of sp³-hybridized carbons (Fsp3) is 0.308. The van der Waals surface area contributed by atoms with E-state index in [-0.39, 0.29) is 52.5 Å². The largest absolute Gasteiger partial charge is 0.494 e. The number of aromatic nitrogens is 2. The fourth-order valence-corrected chi connectivity index (χ4v) is 8.51. The zero-order valence-electron chi connectivity index (χ0n) is 32.2.